The quantitative estimate of drug-likeness (QED) is 0.586. The second-order valence-corrected chi connectivity index (χ2v) is 4.24. The topological polar surface area (TPSA) is 106 Å². The number of rotatable bonds is 7. The number of nitrogens with zero attached hydrogens (tertiary/aromatic N) is 2. The van der Waals surface area contributed by atoms with E-state index in [9.17, 15) is 9.59 Å². The fourth-order valence-electron chi connectivity index (χ4n) is 1.69. The van der Waals surface area contributed by atoms with Gasteiger partial charge < -0.3 is 14.8 Å². The Balaban J connectivity index is 1.95. The molecule has 0 aliphatic rings. The molecule has 8 nitrogen and oxygen atoms in total. The van der Waals surface area contributed by atoms with E-state index >= 15 is 0 Å². The monoisotopic (exact) mass is 304 g/mol. The van der Waals surface area contributed by atoms with Crippen LogP contribution < -0.4 is 10.1 Å². The zero-order valence-electron chi connectivity index (χ0n) is 12.3. The van der Waals surface area contributed by atoms with Gasteiger partial charge in [-0.15, -0.1) is 5.10 Å². The minimum atomic E-state index is -0.595. The minimum absolute atomic E-state index is 0.00666. The van der Waals surface area contributed by atoms with Gasteiger partial charge in [0.25, 0.3) is 0 Å². The van der Waals surface area contributed by atoms with Crippen LogP contribution in [0.25, 0.3) is 0 Å². The van der Waals surface area contributed by atoms with Crippen LogP contribution in [-0.4, -0.2) is 47.2 Å². The van der Waals surface area contributed by atoms with E-state index in [0.717, 1.165) is 0 Å². The van der Waals surface area contributed by atoms with Crippen molar-refractivity contribution in [2.24, 2.45) is 0 Å². The Labute approximate surface area is 126 Å². The van der Waals surface area contributed by atoms with E-state index in [4.69, 9.17) is 9.47 Å². The summed E-state index contributed by atoms with van der Waals surface area (Å²) in [5.74, 6) is -0.00521. The van der Waals surface area contributed by atoms with Crippen molar-refractivity contribution in [2.45, 2.75) is 6.92 Å². The predicted octanol–water partition coefficient (Wildman–Crippen LogP) is 1.28. The number of ketones is 1. The van der Waals surface area contributed by atoms with E-state index in [1.807, 2.05) is 0 Å². The van der Waals surface area contributed by atoms with Gasteiger partial charge in [-0.2, -0.15) is 4.98 Å². The highest BCUT2D eigenvalue weighted by molar-refractivity contribution is 5.99. The van der Waals surface area contributed by atoms with Gasteiger partial charge in [-0.25, -0.2) is 4.79 Å². The molecule has 1 heterocycles. The Morgan fingerprint density at radius 3 is 2.91 bits per heavy atom. The van der Waals surface area contributed by atoms with Crippen molar-refractivity contribution in [3.8, 4) is 5.75 Å². The van der Waals surface area contributed by atoms with E-state index in [2.05, 4.69) is 20.5 Å². The van der Waals surface area contributed by atoms with Crippen LogP contribution in [0.15, 0.2) is 24.3 Å². The van der Waals surface area contributed by atoms with Crippen molar-refractivity contribution in [1.82, 2.24) is 15.2 Å². The summed E-state index contributed by atoms with van der Waals surface area (Å²) in [6, 6.07) is 6.82. The molecule has 0 amide bonds. The first-order chi connectivity index (χ1) is 10.6. The minimum Gasteiger partial charge on any atom is -0.497 e. The number of carbonyl (C=O) groups excluding carboxylic acids is 2. The lowest BCUT2D eigenvalue weighted by Gasteiger charge is -2.04. The summed E-state index contributed by atoms with van der Waals surface area (Å²) in [6.07, 6.45) is 0. The lowest BCUT2D eigenvalue weighted by atomic mass is 10.1. The van der Waals surface area contributed by atoms with Crippen molar-refractivity contribution in [2.75, 3.05) is 25.6 Å². The third-order valence-corrected chi connectivity index (χ3v) is 2.75. The van der Waals surface area contributed by atoms with Gasteiger partial charge in [-0.1, -0.05) is 12.1 Å². The van der Waals surface area contributed by atoms with Gasteiger partial charge in [0, 0.05) is 5.56 Å². The molecular formula is C14H16N4O4. The van der Waals surface area contributed by atoms with Crippen LogP contribution in [0.4, 0.5) is 5.95 Å². The van der Waals surface area contributed by atoms with Gasteiger partial charge in [0.2, 0.25) is 11.8 Å². The molecule has 0 spiro atoms. The fraction of sp³-hybridized carbons (Fsp3) is 0.286. The smallest absolute Gasteiger partial charge is 0.375 e. The standard InChI is InChI=1S/C14H16N4O4/c1-3-22-13(20)12-16-14(18-17-12)15-8-11(19)9-5-4-6-10(7-9)21-2/h4-7H,3,8H2,1-2H3,(H2,15,16,17,18). The number of hydrogen-bond acceptors (Lipinski definition) is 7. The first kappa shape index (κ1) is 15.5. The highest BCUT2D eigenvalue weighted by Gasteiger charge is 2.13. The lowest BCUT2D eigenvalue weighted by Crippen LogP contribution is -2.15. The molecule has 22 heavy (non-hydrogen) atoms. The molecule has 116 valence electrons. The zero-order valence-corrected chi connectivity index (χ0v) is 12.3. The third-order valence-electron chi connectivity index (χ3n) is 2.75. The number of anilines is 1. The van der Waals surface area contributed by atoms with E-state index < -0.39 is 5.97 Å². The van der Waals surface area contributed by atoms with Crippen molar-refractivity contribution < 1.29 is 19.1 Å². The Kier molecular flexibility index (Phi) is 5.07. The molecule has 0 aliphatic heterocycles. The zero-order chi connectivity index (χ0) is 15.9. The molecule has 1 aromatic carbocycles. The number of hydrogen-bond donors (Lipinski definition) is 2. The molecule has 0 bridgehead atoms. The second-order valence-electron chi connectivity index (χ2n) is 4.24. The van der Waals surface area contributed by atoms with Crippen LogP contribution in [0.2, 0.25) is 0 Å². The Bertz CT molecular complexity index is 668. The SMILES string of the molecule is CCOC(=O)c1nc(NCC(=O)c2cccc(OC)c2)n[nH]1. The first-order valence-corrected chi connectivity index (χ1v) is 6.64. The van der Waals surface area contributed by atoms with Crippen LogP contribution in [0.3, 0.4) is 0 Å². The third kappa shape index (κ3) is 3.81. The van der Waals surface area contributed by atoms with Gasteiger partial charge in [0.1, 0.15) is 5.75 Å². The largest absolute Gasteiger partial charge is 0.497 e. The summed E-state index contributed by atoms with van der Waals surface area (Å²) < 4.78 is 9.85. The van der Waals surface area contributed by atoms with Crippen molar-refractivity contribution >= 4 is 17.7 Å². The fourth-order valence-corrected chi connectivity index (χ4v) is 1.69. The molecule has 2 aromatic rings. The summed E-state index contributed by atoms with van der Waals surface area (Å²) >= 11 is 0. The maximum Gasteiger partial charge on any atom is 0.375 e. The normalized spacial score (nSPS) is 10.1. The summed E-state index contributed by atoms with van der Waals surface area (Å²) in [6.45, 7) is 1.93. The van der Waals surface area contributed by atoms with E-state index in [0.29, 0.717) is 11.3 Å². The number of aromatic amines is 1. The number of H-pyrrole nitrogens is 1. The summed E-state index contributed by atoms with van der Waals surface area (Å²) in [5.41, 5.74) is 0.507. The molecule has 2 rings (SSSR count). The van der Waals surface area contributed by atoms with Crippen molar-refractivity contribution in [1.29, 1.82) is 0 Å². The number of Topliss-reactive ketones (excluding diaryl/α,β-unsaturated/α-hetero) is 1. The Morgan fingerprint density at radius 2 is 2.18 bits per heavy atom. The van der Waals surface area contributed by atoms with Gasteiger partial charge in [0.05, 0.1) is 20.3 Å². The van der Waals surface area contributed by atoms with Crippen LogP contribution in [0.1, 0.15) is 27.9 Å². The summed E-state index contributed by atoms with van der Waals surface area (Å²) in [5, 5.41) is 8.98. The molecular weight excluding hydrogens is 288 g/mol. The lowest BCUT2D eigenvalue weighted by molar-refractivity contribution is 0.0512. The highest BCUT2D eigenvalue weighted by Crippen LogP contribution is 2.13. The van der Waals surface area contributed by atoms with E-state index in [1.54, 1.807) is 31.2 Å². The number of nitrogens with one attached hydrogen (secondary N) is 2. The second kappa shape index (κ2) is 7.21. The molecule has 0 saturated heterocycles. The van der Waals surface area contributed by atoms with Crippen LogP contribution in [0.5, 0.6) is 5.75 Å². The highest BCUT2D eigenvalue weighted by atomic mass is 16.5. The molecule has 0 unspecified atom stereocenters. The average molecular weight is 304 g/mol. The molecule has 8 heteroatoms. The van der Waals surface area contributed by atoms with Crippen LogP contribution in [-0.2, 0) is 4.74 Å². The number of benzene rings is 1. The van der Waals surface area contributed by atoms with E-state index in [1.165, 1.54) is 7.11 Å². The first-order valence-electron chi connectivity index (χ1n) is 6.64. The van der Waals surface area contributed by atoms with Crippen LogP contribution >= 0.6 is 0 Å². The maximum atomic E-state index is 12.1. The molecule has 0 fully saturated rings. The summed E-state index contributed by atoms with van der Waals surface area (Å²) in [7, 11) is 1.53. The number of ether oxygens (including phenoxy) is 2. The number of methoxy groups -OCH3 is 1. The molecule has 0 radical (unpaired) electrons. The Hall–Kier alpha value is -2.90. The molecule has 0 aliphatic carbocycles. The van der Waals surface area contributed by atoms with Crippen LogP contribution in [0, 0.1) is 0 Å². The molecule has 2 N–H and O–H groups in total. The molecule has 0 saturated carbocycles. The van der Waals surface area contributed by atoms with Gasteiger partial charge in [0.15, 0.2) is 5.78 Å². The number of esters is 1. The van der Waals surface area contributed by atoms with Gasteiger partial charge in [-0.05, 0) is 19.1 Å². The summed E-state index contributed by atoms with van der Waals surface area (Å²) in [4.78, 5) is 27.4. The predicted molar refractivity (Wildman–Crippen MR) is 78.2 cm³/mol. The van der Waals surface area contributed by atoms with E-state index in [-0.39, 0.29) is 30.7 Å². The molecule has 0 atom stereocenters. The number of carbonyl (C=O) groups is 2. The maximum absolute atomic E-state index is 12.1. The van der Waals surface area contributed by atoms with Gasteiger partial charge in [-0.3, -0.25) is 9.89 Å². The average Bonchev–Trinajstić information content (AvgIpc) is 3.02. The molecule has 1 aromatic heterocycles. The van der Waals surface area contributed by atoms with Crippen molar-refractivity contribution in [3.05, 3.63) is 35.7 Å². The van der Waals surface area contributed by atoms with Gasteiger partial charge >= 0.3 is 5.97 Å². The number of aromatic nitrogens is 3. The van der Waals surface area contributed by atoms with Crippen molar-refractivity contribution in [3.63, 3.8) is 0 Å². The Morgan fingerprint density at radius 1 is 1.36 bits per heavy atom.